The summed E-state index contributed by atoms with van der Waals surface area (Å²) in [7, 11) is 0. The van der Waals surface area contributed by atoms with E-state index < -0.39 is 16.9 Å². The minimum Gasteiger partial charge on any atom is -0.207 e. The van der Waals surface area contributed by atoms with Gasteiger partial charge in [0.1, 0.15) is 11.6 Å². The minimum atomic E-state index is -1.89. The molecule has 0 nitrogen and oxygen atoms in total. The topological polar surface area (TPSA) is 0 Å². The summed E-state index contributed by atoms with van der Waals surface area (Å²) < 4.78 is 39.3. The Labute approximate surface area is 68.8 Å². The predicted molar refractivity (Wildman–Crippen MR) is 39.0 cm³/mol. The SMILES string of the molecule is [2H]C([2H])(Br)c1cc(F)cc(F)c1. The van der Waals surface area contributed by atoms with Crippen LogP contribution in [0.5, 0.6) is 0 Å². The third-order valence-electron chi connectivity index (χ3n) is 0.972. The van der Waals surface area contributed by atoms with E-state index in [1.165, 1.54) is 0 Å². The first kappa shape index (κ1) is 5.24. The highest BCUT2D eigenvalue weighted by atomic mass is 79.9. The maximum absolute atomic E-state index is 12.5. The molecule has 0 saturated carbocycles. The molecule has 0 amide bonds. The summed E-state index contributed by atoms with van der Waals surface area (Å²) >= 11 is 2.65. The van der Waals surface area contributed by atoms with E-state index >= 15 is 0 Å². The zero-order valence-electron chi connectivity index (χ0n) is 6.87. The van der Waals surface area contributed by atoms with Gasteiger partial charge in [-0.25, -0.2) is 8.78 Å². The summed E-state index contributed by atoms with van der Waals surface area (Å²) in [6.07, 6.45) is 0. The van der Waals surface area contributed by atoms with Gasteiger partial charge in [0, 0.05) is 14.1 Å². The standard InChI is InChI=1S/C7H5BrF2/c8-4-5-1-6(9)3-7(10)2-5/h1-3H,4H2/i4D2. The van der Waals surface area contributed by atoms with E-state index in [9.17, 15) is 8.78 Å². The summed E-state index contributed by atoms with van der Waals surface area (Å²) in [5.41, 5.74) is -0.0694. The highest BCUT2D eigenvalue weighted by molar-refractivity contribution is 9.08. The predicted octanol–water partition coefficient (Wildman–Crippen LogP) is 2.86. The lowest BCUT2D eigenvalue weighted by Gasteiger charge is -1.94. The summed E-state index contributed by atoms with van der Waals surface area (Å²) in [6, 6.07) is 2.58. The Hall–Kier alpha value is -0.440. The van der Waals surface area contributed by atoms with E-state index in [1.54, 1.807) is 0 Å². The smallest absolute Gasteiger partial charge is 0.126 e. The van der Waals surface area contributed by atoms with Crippen LogP contribution in [0, 0.1) is 11.6 Å². The van der Waals surface area contributed by atoms with Crippen LogP contribution in [0.3, 0.4) is 0 Å². The second-order valence-corrected chi connectivity index (χ2v) is 2.15. The monoisotopic (exact) mass is 208 g/mol. The van der Waals surface area contributed by atoms with Crippen LogP contribution in [0.15, 0.2) is 18.2 Å². The maximum Gasteiger partial charge on any atom is 0.126 e. The van der Waals surface area contributed by atoms with Crippen LogP contribution in [0.25, 0.3) is 0 Å². The van der Waals surface area contributed by atoms with E-state index in [0.29, 0.717) is 6.07 Å². The largest absolute Gasteiger partial charge is 0.207 e. The molecule has 0 spiro atoms. The van der Waals surface area contributed by atoms with Crippen molar-refractivity contribution in [3.05, 3.63) is 35.4 Å². The number of alkyl halides is 1. The molecule has 1 aromatic rings. The quantitative estimate of drug-likeness (QED) is 0.623. The molecule has 0 radical (unpaired) electrons. The molecule has 0 fully saturated rings. The third kappa shape index (κ3) is 1.77. The van der Waals surface area contributed by atoms with Crippen LogP contribution < -0.4 is 0 Å². The van der Waals surface area contributed by atoms with Crippen LogP contribution in [-0.2, 0) is 5.28 Å². The molecule has 1 rings (SSSR count). The Kier molecular flexibility index (Phi) is 1.63. The van der Waals surface area contributed by atoms with Gasteiger partial charge >= 0.3 is 0 Å². The summed E-state index contributed by atoms with van der Waals surface area (Å²) in [5, 5.41) is -1.89. The van der Waals surface area contributed by atoms with Gasteiger partial charge in [-0.1, -0.05) is 15.9 Å². The van der Waals surface area contributed by atoms with Gasteiger partial charge in [-0.05, 0) is 17.7 Å². The molecular formula is C7H5BrF2. The van der Waals surface area contributed by atoms with Crippen LogP contribution >= 0.6 is 15.9 Å². The number of hydrogen-bond acceptors (Lipinski definition) is 0. The molecule has 10 heavy (non-hydrogen) atoms. The molecule has 3 heteroatoms. The van der Waals surface area contributed by atoms with Crippen molar-refractivity contribution in [1.82, 2.24) is 0 Å². The van der Waals surface area contributed by atoms with Gasteiger partial charge in [-0.2, -0.15) is 0 Å². The fourth-order valence-corrected chi connectivity index (χ4v) is 0.837. The molecule has 0 N–H and O–H groups in total. The average molecular weight is 209 g/mol. The lowest BCUT2D eigenvalue weighted by atomic mass is 10.2. The Balaban J connectivity index is 3.18. The van der Waals surface area contributed by atoms with Crippen LogP contribution in [0.2, 0.25) is 0 Å². The van der Waals surface area contributed by atoms with Gasteiger partial charge < -0.3 is 0 Å². The Morgan fingerprint density at radius 3 is 2.20 bits per heavy atom. The van der Waals surface area contributed by atoms with Crippen molar-refractivity contribution in [2.24, 2.45) is 0 Å². The Morgan fingerprint density at radius 1 is 1.30 bits per heavy atom. The van der Waals surface area contributed by atoms with Crippen molar-refractivity contribution < 1.29 is 11.5 Å². The number of hydrogen-bond donors (Lipinski definition) is 0. The number of rotatable bonds is 1. The zero-order valence-corrected chi connectivity index (χ0v) is 6.45. The van der Waals surface area contributed by atoms with Crippen molar-refractivity contribution in [1.29, 1.82) is 0 Å². The Bertz CT molecular complexity index is 276. The first-order chi connectivity index (χ1) is 5.39. The lowest BCUT2D eigenvalue weighted by molar-refractivity contribution is 0.581. The first-order valence-corrected chi connectivity index (χ1v) is 3.34. The summed E-state index contributed by atoms with van der Waals surface area (Å²) in [5.74, 6) is -1.57. The first-order valence-electron chi connectivity index (χ1n) is 3.55. The van der Waals surface area contributed by atoms with E-state index in [0.717, 1.165) is 12.1 Å². The number of halogens is 3. The molecule has 0 atom stereocenters. The summed E-state index contributed by atoms with van der Waals surface area (Å²) in [6.45, 7) is 0. The molecule has 0 bridgehead atoms. The average Bonchev–Trinajstić information content (AvgIpc) is 1.82. The van der Waals surface area contributed by atoms with Gasteiger partial charge in [0.05, 0.1) is 0 Å². The molecule has 0 aliphatic carbocycles. The molecule has 0 heterocycles. The van der Waals surface area contributed by atoms with E-state index in [1.807, 2.05) is 0 Å². The molecule has 0 aliphatic rings. The summed E-state index contributed by atoms with van der Waals surface area (Å²) in [4.78, 5) is 0. The molecular weight excluding hydrogens is 202 g/mol. The van der Waals surface area contributed by atoms with Crippen molar-refractivity contribution in [3.63, 3.8) is 0 Å². The van der Waals surface area contributed by atoms with Crippen molar-refractivity contribution in [2.45, 2.75) is 5.28 Å². The molecule has 0 saturated heterocycles. The second-order valence-electron chi connectivity index (χ2n) is 1.75. The van der Waals surface area contributed by atoms with Crippen molar-refractivity contribution in [3.8, 4) is 0 Å². The van der Waals surface area contributed by atoms with Crippen LogP contribution in [0.1, 0.15) is 8.30 Å². The van der Waals surface area contributed by atoms with Gasteiger partial charge in [0.2, 0.25) is 0 Å². The Morgan fingerprint density at radius 2 is 1.80 bits per heavy atom. The van der Waals surface area contributed by atoms with Gasteiger partial charge in [-0.15, -0.1) is 0 Å². The zero-order chi connectivity index (χ0) is 9.35. The normalized spacial score (nSPS) is 14.3. The molecule has 54 valence electrons. The van der Waals surface area contributed by atoms with Gasteiger partial charge in [-0.3, -0.25) is 0 Å². The lowest BCUT2D eigenvalue weighted by Crippen LogP contribution is -1.83. The van der Waals surface area contributed by atoms with Crippen LogP contribution in [0.4, 0.5) is 8.78 Å². The number of benzene rings is 1. The third-order valence-corrected chi connectivity index (χ3v) is 1.43. The highest BCUT2D eigenvalue weighted by Gasteiger charge is 1.97. The van der Waals surface area contributed by atoms with E-state index in [4.69, 9.17) is 2.74 Å². The van der Waals surface area contributed by atoms with E-state index in [-0.39, 0.29) is 5.56 Å². The van der Waals surface area contributed by atoms with Crippen LogP contribution in [-0.4, -0.2) is 0 Å². The molecule has 0 aliphatic heterocycles. The maximum atomic E-state index is 12.5. The molecule has 0 unspecified atom stereocenters. The van der Waals surface area contributed by atoms with Crippen molar-refractivity contribution >= 4 is 15.9 Å². The minimum absolute atomic E-state index is 0.0694. The molecule has 0 aromatic heterocycles. The van der Waals surface area contributed by atoms with Gasteiger partial charge in [0.25, 0.3) is 0 Å². The second kappa shape index (κ2) is 3.10. The van der Waals surface area contributed by atoms with E-state index in [2.05, 4.69) is 15.9 Å². The molecule has 1 aromatic carbocycles. The fourth-order valence-electron chi connectivity index (χ4n) is 0.608. The van der Waals surface area contributed by atoms with Crippen molar-refractivity contribution in [2.75, 3.05) is 0 Å². The fraction of sp³-hybridized carbons (Fsp3) is 0.143. The highest BCUT2D eigenvalue weighted by Crippen LogP contribution is 2.10. The van der Waals surface area contributed by atoms with Gasteiger partial charge in [0.15, 0.2) is 0 Å².